The van der Waals surface area contributed by atoms with Crippen LogP contribution in [0.2, 0.25) is 0 Å². The van der Waals surface area contributed by atoms with Gasteiger partial charge >= 0.3 is 5.63 Å². The van der Waals surface area contributed by atoms with Gasteiger partial charge in [0.2, 0.25) is 0 Å². The minimum atomic E-state index is -0.600. The molecule has 1 aromatic heterocycles. The van der Waals surface area contributed by atoms with E-state index in [-0.39, 0.29) is 17.5 Å². The van der Waals surface area contributed by atoms with Crippen LogP contribution in [0.4, 0.5) is 0 Å². The van der Waals surface area contributed by atoms with Gasteiger partial charge in [-0.25, -0.2) is 4.79 Å². The summed E-state index contributed by atoms with van der Waals surface area (Å²) in [6.45, 7) is 8.06. The van der Waals surface area contributed by atoms with Gasteiger partial charge in [0.25, 0.3) is 5.91 Å². The predicted molar refractivity (Wildman–Crippen MR) is 105 cm³/mol. The van der Waals surface area contributed by atoms with Crippen LogP contribution in [-0.2, 0) is 4.74 Å². The van der Waals surface area contributed by atoms with E-state index in [1.165, 1.54) is 0 Å². The number of para-hydroxylation sites is 1. The standard InChI is InChI=1S/C21H28N2O4/c1-3-15(4-2)18(23-9-11-26-12-10-23)14-22-20(24)17-13-16-7-5-6-8-19(16)27-21(17)25/h5-8,13,15,18H,3-4,9-12,14H2,1-2H3,(H,22,24). The first kappa shape index (κ1) is 19.6. The van der Waals surface area contributed by atoms with Gasteiger partial charge in [-0.1, -0.05) is 44.9 Å². The summed E-state index contributed by atoms with van der Waals surface area (Å²) in [7, 11) is 0. The van der Waals surface area contributed by atoms with Crippen LogP contribution in [0.1, 0.15) is 37.0 Å². The Morgan fingerprint density at radius 1 is 1.19 bits per heavy atom. The second-order valence-electron chi connectivity index (χ2n) is 6.99. The molecule has 3 rings (SSSR count). The Bertz CT molecular complexity index is 822. The molecule has 0 radical (unpaired) electrons. The van der Waals surface area contributed by atoms with Crippen molar-refractivity contribution in [1.29, 1.82) is 0 Å². The van der Waals surface area contributed by atoms with Crippen LogP contribution >= 0.6 is 0 Å². The maximum Gasteiger partial charge on any atom is 0.349 e. The lowest BCUT2D eigenvalue weighted by Crippen LogP contribution is -2.52. The van der Waals surface area contributed by atoms with Crippen molar-refractivity contribution in [2.45, 2.75) is 32.7 Å². The second-order valence-corrected chi connectivity index (χ2v) is 6.99. The van der Waals surface area contributed by atoms with Gasteiger partial charge in [0.15, 0.2) is 0 Å². The number of morpholine rings is 1. The van der Waals surface area contributed by atoms with Gasteiger partial charge in [0, 0.05) is 31.1 Å². The molecule has 1 unspecified atom stereocenters. The molecule has 2 aromatic rings. The summed E-state index contributed by atoms with van der Waals surface area (Å²) < 4.78 is 10.7. The first-order valence-electron chi connectivity index (χ1n) is 9.77. The number of carbonyl (C=O) groups is 1. The highest BCUT2D eigenvalue weighted by molar-refractivity contribution is 5.96. The second kappa shape index (κ2) is 9.15. The Balaban J connectivity index is 1.75. The third-order valence-electron chi connectivity index (χ3n) is 5.47. The molecular formula is C21H28N2O4. The topological polar surface area (TPSA) is 71.8 Å². The Morgan fingerprint density at radius 3 is 2.59 bits per heavy atom. The van der Waals surface area contributed by atoms with Crippen molar-refractivity contribution in [3.8, 4) is 0 Å². The van der Waals surface area contributed by atoms with E-state index in [9.17, 15) is 9.59 Å². The molecule has 6 nitrogen and oxygen atoms in total. The van der Waals surface area contributed by atoms with Crippen LogP contribution in [0.3, 0.4) is 0 Å². The number of amides is 1. The van der Waals surface area contributed by atoms with Gasteiger partial charge < -0.3 is 14.5 Å². The van der Waals surface area contributed by atoms with Gasteiger partial charge in [0.1, 0.15) is 11.1 Å². The highest BCUT2D eigenvalue weighted by atomic mass is 16.5. The summed E-state index contributed by atoms with van der Waals surface area (Å²) in [5.74, 6) is 0.107. The van der Waals surface area contributed by atoms with Crippen molar-refractivity contribution >= 4 is 16.9 Å². The van der Waals surface area contributed by atoms with Crippen LogP contribution in [0.25, 0.3) is 11.0 Å². The minimum absolute atomic E-state index is 0.0546. The number of nitrogens with zero attached hydrogens (tertiary/aromatic N) is 1. The lowest BCUT2D eigenvalue weighted by molar-refractivity contribution is 0.00190. The number of rotatable bonds is 7. The lowest BCUT2D eigenvalue weighted by Gasteiger charge is -2.38. The zero-order chi connectivity index (χ0) is 19.2. The number of ether oxygens (including phenoxy) is 1. The Kier molecular flexibility index (Phi) is 6.63. The van der Waals surface area contributed by atoms with Crippen LogP contribution in [0, 0.1) is 5.92 Å². The molecule has 2 heterocycles. The molecule has 6 heteroatoms. The highest BCUT2D eigenvalue weighted by Crippen LogP contribution is 2.20. The number of nitrogens with one attached hydrogen (secondary N) is 1. The van der Waals surface area contributed by atoms with Gasteiger partial charge in [-0.15, -0.1) is 0 Å². The Hall–Kier alpha value is -2.18. The molecule has 0 saturated carbocycles. The fraction of sp³-hybridized carbons (Fsp3) is 0.524. The molecule has 0 spiro atoms. The zero-order valence-corrected chi connectivity index (χ0v) is 16.1. The largest absolute Gasteiger partial charge is 0.422 e. The van der Waals surface area contributed by atoms with Crippen molar-refractivity contribution < 1.29 is 13.9 Å². The van der Waals surface area contributed by atoms with Gasteiger partial charge in [0.05, 0.1) is 13.2 Å². The molecular weight excluding hydrogens is 344 g/mol. The highest BCUT2D eigenvalue weighted by Gasteiger charge is 2.27. The molecule has 1 fully saturated rings. The van der Waals surface area contributed by atoms with Crippen molar-refractivity contribution in [3.05, 3.63) is 46.3 Å². The quantitative estimate of drug-likeness (QED) is 0.757. The molecule has 0 aliphatic carbocycles. The first-order valence-corrected chi connectivity index (χ1v) is 9.77. The molecule has 1 atom stereocenters. The smallest absolute Gasteiger partial charge is 0.349 e. The third-order valence-corrected chi connectivity index (χ3v) is 5.47. The molecule has 1 amide bonds. The zero-order valence-electron chi connectivity index (χ0n) is 16.1. The summed E-state index contributed by atoms with van der Waals surface area (Å²) in [5.41, 5.74) is -0.0575. The number of hydrogen-bond donors (Lipinski definition) is 1. The van der Waals surface area contributed by atoms with E-state index in [1.807, 2.05) is 12.1 Å². The number of fused-ring (bicyclic) bond motifs is 1. The van der Waals surface area contributed by atoms with E-state index in [1.54, 1.807) is 18.2 Å². The molecule has 27 heavy (non-hydrogen) atoms. The number of hydrogen-bond acceptors (Lipinski definition) is 5. The summed E-state index contributed by atoms with van der Waals surface area (Å²) in [6, 6.07) is 9.05. The molecule has 1 aliphatic heterocycles. The third kappa shape index (κ3) is 4.57. The van der Waals surface area contributed by atoms with Crippen molar-refractivity contribution in [3.63, 3.8) is 0 Å². The van der Waals surface area contributed by atoms with Crippen LogP contribution in [0.15, 0.2) is 39.5 Å². The van der Waals surface area contributed by atoms with Crippen molar-refractivity contribution in [2.24, 2.45) is 5.92 Å². The van der Waals surface area contributed by atoms with Crippen LogP contribution in [0.5, 0.6) is 0 Å². The van der Waals surface area contributed by atoms with Gasteiger partial charge in [-0.05, 0) is 18.1 Å². The van der Waals surface area contributed by atoms with E-state index >= 15 is 0 Å². The van der Waals surface area contributed by atoms with E-state index in [0.717, 1.165) is 44.5 Å². The average molecular weight is 372 g/mol. The van der Waals surface area contributed by atoms with E-state index in [0.29, 0.717) is 18.0 Å². The molecule has 146 valence electrons. The van der Waals surface area contributed by atoms with Gasteiger partial charge in [-0.3, -0.25) is 9.69 Å². The maximum atomic E-state index is 12.7. The van der Waals surface area contributed by atoms with Crippen LogP contribution < -0.4 is 10.9 Å². The summed E-state index contributed by atoms with van der Waals surface area (Å²) in [4.78, 5) is 27.3. The first-order chi connectivity index (χ1) is 13.1. The Labute approximate surface area is 159 Å². The SMILES string of the molecule is CCC(CC)C(CNC(=O)c1cc2ccccc2oc1=O)N1CCOCC1. The molecule has 1 aromatic carbocycles. The average Bonchev–Trinajstić information content (AvgIpc) is 2.71. The molecule has 1 aliphatic rings. The fourth-order valence-electron chi connectivity index (χ4n) is 3.85. The minimum Gasteiger partial charge on any atom is -0.422 e. The summed E-state index contributed by atoms with van der Waals surface area (Å²) in [6.07, 6.45) is 2.10. The molecule has 1 saturated heterocycles. The fourth-order valence-corrected chi connectivity index (χ4v) is 3.85. The van der Waals surface area contributed by atoms with Crippen LogP contribution in [-0.4, -0.2) is 49.7 Å². The normalized spacial score (nSPS) is 16.6. The monoisotopic (exact) mass is 372 g/mol. The van der Waals surface area contributed by atoms with Crippen molar-refractivity contribution in [1.82, 2.24) is 10.2 Å². The molecule has 1 N–H and O–H groups in total. The maximum absolute atomic E-state index is 12.7. The lowest BCUT2D eigenvalue weighted by atomic mass is 9.92. The number of carbonyl (C=O) groups excluding carboxylic acids is 1. The summed E-state index contributed by atoms with van der Waals surface area (Å²) >= 11 is 0. The predicted octanol–water partition coefficient (Wildman–Crippen LogP) is 2.66. The van der Waals surface area contributed by atoms with E-state index in [4.69, 9.17) is 9.15 Å². The van der Waals surface area contributed by atoms with Crippen molar-refractivity contribution in [2.75, 3.05) is 32.8 Å². The number of benzene rings is 1. The summed E-state index contributed by atoms with van der Waals surface area (Å²) in [5, 5.41) is 3.71. The van der Waals surface area contributed by atoms with E-state index < -0.39 is 5.63 Å². The molecule has 0 bridgehead atoms. The van der Waals surface area contributed by atoms with E-state index in [2.05, 4.69) is 24.1 Å². The van der Waals surface area contributed by atoms with Gasteiger partial charge in [-0.2, -0.15) is 0 Å². The Morgan fingerprint density at radius 2 is 1.89 bits per heavy atom.